The van der Waals surface area contributed by atoms with Crippen molar-refractivity contribution >= 4 is 36.8 Å². The van der Waals surface area contributed by atoms with Crippen molar-refractivity contribution in [2.24, 2.45) is 4.99 Å². The summed E-state index contributed by atoms with van der Waals surface area (Å²) in [6.45, 7) is 0. The molecule has 1 N–H and O–H groups in total. The van der Waals surface area contributed by atoms with Gasteiger partial charge in [-0.15, -0.1) is 0 Å². The predicted molar refractivity (Wildman–Crippen MR) is 64.5 cm³/mol. The number of nitrogens with zero attached hydrogens (tertiary/aromatic N) is 1. The largest absolute Gasteiger partial charge is 0.526 e. The van der Waals surface area contributed by atoms with Crippen LogP contribution in [-0.2, 0) is 10.8 Å². The molecule has 0 bridgehead atoms. The molecule has 0 saturated heterocycles. The third kappa shape index (κ3) is 1.39. The quantitative estimate of drug-likeness (QED) is 0.549. The normalized spacial score (nSPS) is 29.2. The lowest BCUT2D eigenvalue weighted by atomic mass is 10.3. The first-order valence-corrected chi connectivity index (χ1v) is 6.85. The number of benzene rings is 1. The first-order chi connectivity index (χ1) is 7.36. The highest BCUT2D eigenvalue weighted by Crippen LogP contribution is 2.40. The zero-order chi connectivity index (χ0) is 10.3. The van der Waals surface area contributed by atoms with Crippen LogP contribution in [0.25, 0.3) is 0 Å². The lowest BCUT2D eigenvalue weighted by Crippen LogP contribution is -2.15. The van der Waals surface area contributed by atoms with E-state index in [0.717, 1.165) is 14.9 Å². The van der Waals surface area contributed by atoms with Gasteiger partial charge in [0.15, 0.2) is 0 Å². The van der Waals surface area contributed by atoms with Gasteiger partial charge in [0.25, 0.3) is 0 Å². The summed E-state index contributed by atoms with van der Waals surface area (Å²) in [5, 5.41) is 4.46. The first kappa shape index (κ1) is 9.06. The van der Waals surface area contributed by atoms with Crippen LogP contribution in [0.1, 0.15) is 0 Å². The van der Waals surface area contributed by atoms with Crippen LogP contribution in [-0.4, -0.2) is 14.1 Å². The number of fused-ring (bicyclic) bond motifs is 1. The van der Waals surface area contributed by atoms with E-state index in [-0.39, 0.29) is 10.5 Å². The molecule has 76 valence electrons. The summed E-state index contributed by atoms with van der Waals surface area (Å²) in [5.74, 6) is 0. The molecular formula is C10H7N2OS2-. The van der Waals surface area contributed by atoms with E-state index in [2.05, 4.69) is 16.5 Å². The molecule has 0 fully saturated rings. The van der Waals surface area contributed by atoms with Crippen LogP contribution in [0.2, 0.25) is 0 Å². The molecule has 1 aromatic rings. The van der Waals surface area contributed by atoms with E-state index in [0.29, 0.717) is 0 Å². The van der Waals surface area contributed by atoms with E-state index in [9.17, 15) is 4.21 Å². The molecule has 0 spiro atoms. The Morgan fingerprint density at radius 3 is 3.00 bits per heavy atom. The Labute approximate surface area is 92.3 Å². The van der Waals surface area contributed by atoms with Gasteiger partial charge in [0.05, 0.1) is 22.0 Å². The second-order valence-corrected chi connectivity index (χ2v) is 6.24. The van der Waals surface area contributed by atoms with E-state index in [1.54, 1.807) is 0 Å². The zero-order valence-corrected chi connectivity index (χ0v) is 9.27. The molecule has 0 aromatic heterocycles. The monoisotopic (exact) mass is 235 g/mol. The van der Waals surface area contributed by atoms with Gasteiger partial charge in [0.2, 0.25) is 0 Å². The molecule has 5 heteroatoms. The van der Waals surface area contributed by atoms with Crippen LogP contribution in [0.4, 0.5) is 5.69 Å². The lowest BCUT2D eigenvalue weighted by molar-refractivity contribution is 0.695. The highest BCUT2D eigenvalue weighted by atomic mass is 32.2. The molecule has 15 heavy (non-hydrogen) atoms. The Hall–Kier alpha value is -1.20. The topological polar surface area (TPSA) is 41.5 Å². The Kier molecular flexibility index (Phi) is 2.07. The summed E-state index contributed by atoms with van der Waals surface area (Å²) >= 11 is 0. The van der Waals surface area contributed by atoms with Gasteiger partial charge in [-0.05, 0) is 12.1 Å². The number of rotatable bonds is 0. The number of hydrogen-bond acceptors (Lipinski definition) is 2. The standard InChI is InChI=1S/C10H7N2OS2/c13-15-6-5-11-10(15)14-7-12-8-3-1-2-4-9(8)14/h1-4,6-7,11H/q-1. The Bertz CT molecular complexity index is 546. The first-order valence-electron chi connectivity index (χ1n) is 4.35. The number of para-hydroxylation sites is 1. The molecule has 3 nitrogen and oxygen atoms in total. The summed E-state index contributed by atoms with van der Waals surface area (Å²) in [6, 6.07) is 7.92. The highest BCUT2D eigenvalue weighted by molar-refractivity contribution is 8.37. The van der Waals surface area contributed by atoms with Crippen LogP contribution >= 0.6 is 10.5 Å². The zero-order valence-electron chi connectivity index (χ0n) is 7.64. The maximum atomic E-state index is 11.6. The van der Waals surface area contributed by atoms with Gasteiger partial charge >= 0.3 is 0 Å². The van der Waals surface area contributed by atoms with Crippen molar-refractivity contribution in [2.45, 2.75) is 4.90 Å². The van der Waals surface area contributed by atoms with Crippen molar-refractivity contribution in [1.82, 2.24) is 5.32 Å². The van der Waals surface area contributed by atoms with Gasteiger partial charge in [-0.3, -0.25) is 4.21 Å². The molecule has 0 saturated carbocycles. The Morgan fingerprint density at radius 2 is 2.20 bits per heavy atom. The fourth-order valence-corrected chi connectivity index (χ4v) is 4.50. The summed E-state index contributed by atoms with van der Waals surface area (Å²) in [6.07, 6.45) is 2.76. The van der Waals surface area contributed by atoms with Crippen LogP contribution < -0.4 is 5.32 Å². The molecule has 3 rings (SSSR count). The molecule has 2 unspecified atom stereocenters. The van der Waals surface area contributed by atoms with Crippen LogP contribution in [0.15, 0.2) is 39.6 Å². The predicted octanol–water partition coefficient (Wildman–Crippen LogP) is 1.70. The molecule has 2 aliphatic heterocycles. The SMILES string of the molecule is O=S1C=[C-]NC1=S1C=Nc2ccccc21. The molecule has 2 atom stereocenters. The Balaban J connectivity index is 2.19. The maximum absolute atomic E-state index is 11.6. The second kappa shape index (κ2) is 3.43. The smallest absolute Gasteiger partial charge is 0.108 e. The summed E-state index contributed by atoms with van der Waals surface area (Å²) in [4.78, 5) is 5.44. The average Bonchev–Trinajstić information content (AvgIpc) is 2.83. The minimum absolute atomic E-state index is 0.288. The average molecular weight is 235 g/mol. The van der Waals surface area contributed by atoms with E-state index in [1.807, 2.05) is 29.8 Å². The van der Waals surface area contributed by atoms with E-state index in [4.69, 9.17) is 0 Å². The van der Waals surface area contributed by atoms with E-state index in [1.165, 1.54) is 5.41 Å². The van der Waals surface area contributed by atoms with Gasteiger partial charge in [0, 0.05) is 4.90 Å². The molecule has 0 amide bonds. The summed E-state index contributed by atoms with van der Waals surface area (Å²) in [5.41, 5.74) is 2.82. The minimum atomic E-state index is -1.07. The highest BCUT2D eigenvalue weighted by Gasteiger charge is 2.16. The van der Waals surface area contributed by atoms with Crippen molar-refractivity contribution in [3.05, 3.63) is 35.9 Å². The van der Waals surface area contributed by atoms with Gasteiger partial charge in [-0.25, -0.2) is 4.99 Å². The molecule has 1 aromatic carbocycles. The van der Waals surface area contributed by atoms with E-state index >= 15 is 0 Å². The van der Waals surface area contributed by atoms with Crippen molar-refractivity contribution < 1.29 is 4.21 Å². The van der Waals surface area contributed by atoms with Crippen molar-refractivity contribution in [2.75, 3.05) is 0 Å². The molecular weight excluding hydrogens is 228 g/mol. The van der Waals surface area contributed by atoms with Crippen LogP contribution in [0.5, 0.6) is 0 Å². The van der Waals surface area contributed by atoms with Gasteiger partial charge in [-0.2, -0.15) is 5.41 Å². The van der Waals surface area contributed by atoms with Crippen molar-refractivity contribution in [3.63, 3.8) is 0 Å². The van der Waals surface area contributed by atoms with Crippen molar-refractivity contribution in [3.8, 4) is 0 Å². The van der Waals surface area contributed by atoms with E-state index < -0.39 is 10.8 Å². The molecule has 0 radical (unpaired) electrons. The van der Waals surface area contributed by atoms with Gasteiger partial charge < -0.3 is 11.5 Å². The molecule has 2 heterocycles. The summed E-state index contributed by atoms with van der Waals surface area (Å²) in [7, 11) is -1.35. The van der Waals surface area contributed by atoms with Gasteiger partial charge in [0.1, 0.15) is 4.32 Å². The fraction of sp³-hybridized carbons (Fsp3) is 0. The minimum Gasteiger partial charge on any atom is -0.526 e. The third-order valence-electron chi connectivity index (χ3n) is 2.12. The van der Waals surface area contributed by atoms with Crippen LogP contribution in [0.3, 0.4) is 0 Å². The maximum Gasteiger partial charge on any atom is 0.108 e. The fourth-order valence-electron chi connectivity index (χ4n) is 1.45. The second-order valence-electron chi connectivity index (χ2n) is 3.01. The molecule has 0 aliphatic carbocycles. The van der Waals surface area contributed by atoms with Crippen molar-refractivity contribution in [1.29, 1.82) is 0 Å². The van der Waals surface area contributed by atoms with Gasteiger partial charge in [-0.1, -0.05) is 22.6 Å². The number of nitrogens with one attached hydrogen (secondary N) is 1. The molecule has 2 aliphatic rings. The lowest BCUT2D eigenvalue weighted by Gasteiger charge is -2.09. The summed E-state index contributed by atoms with van der Waals surface area (Å²) < 4.78 is 12.4. The number of aliphatic imine (C=N–C) groups is 1. The van der Waals surface area contributed by atoms with Crippen LogP contribution in [0, 0.1) is 6.20 Å². The third-order valence-corrected chi connectivity index (χ3v) is 5.59. The Morgan fingerprint density at radius 1 is 1.33 bits per heavy atom. The number of hydrogen-bond donors (Lipinski definition) is 1.